The van der Waals surface area contributed by atoms with Crippen LogP contribution < -0.4 is 0 Å². The van der Waals surface area contributed by atoms with Crippen LogP contribution in [-0.2, 0) is 19.1 Å². The third-order valence-electron chi connectivity index (χ3n) is 11.0. The van der Waals surface area contributed by atoms with Gasteiger partial charge >= 0.3 is 5.97 Å². The van der Waals surface area contributed by atoms with Crippen LogP contribution in [0.5, 0.6) is 0 Å². The number of alkyl halides is 2. The van der Waals surface area contributed by atoms with Gasteiger partial charge in [0.25, 0.3) is 0 Å². The number of aliphatic hydroxyl groups is 1. The summed E-state index contributed by atoms with van der Waals surface area (Å²) >= 11 is 0.786. The number of allylic oxidation sites excluding steroid dienone is 4. The average molecular weight is 615 g/mol. The van der Waals surface area contributed by atoms with Crippen LogP contribution in [0.1, 0.15) is 77.6 Å². The van der Waals surface area contributed by atoms with Gasteiger partial charge in [-0.15, -0.1) is 0 Å². The van der Waals surface area contributed by atoms with E-state index in [2.05, 4.69) is 0 Å². The van der Waals surface area contributed by atoms with Crippen LogP contribution in [0.3, 0.4) is 0 Å². The molecule has 0 spiro atoms. The highest BCUT2D eigenvalue weighted by Gasteiger charge is 2.78. The molecular formula is C34H40F2O6S. The number of benzene rings is 1. The number of thioether (sulfide) groups is 1. The van der Waals surface area contributed by atoms with Crippen molar-refractivity contribution in [3.05, 3.63) is 59.7 Å². The van der Waals surface area contributed by atoms with Crippen LogP contribution in [0.25, 0.3) is 0 Å². The molecule has 3 fully saturated rings. The number of rotatable bonds is 6. The highest BCUT2D eigenvalue weighted by atomic mass is 32.2. The molecule has 3 saturated carbocycles. The minimum atomic E-state index is -2.33. The number of esters is 1. The monoisotopic (exact) mass is 614 g/mol. The first kappa shape index (κ1) is 31.8. The summed E-state index contributed by atoms with van der Waals surface area (Å²) in [6.07, 6.45) is 0.175. The van der Waals surface area contributed by atoms with Gasteiger partial charge in [0.1, 0.15) is 6.17 Å². The van der Waals surface area contributed by atoms with Gasteiger partial charge in [0.15, 0.2) is 22.8 Å². The van der Waals surface area contributed by atoms with Crippen molar-refractivity contribution >= 4 is 34.4 Å². The van der Waals surface area contributed by atoms with E-state index >= 15 is 8.78 Å². The molecule has 1 N–H and O–H groups in total. The quantitative estimate of drug-likeness (QED) is 0.303. The molecule has 0 heterocycles. The number of fused-ring (bicyclic) bond motifs is 5. The Morgan fingerprint density at radius 3 is 2.40 bits per heavy atom. The Bertz CT molecular complexity index is 1420. The second kappa shape index (κ2) is 10.5. The molecule has 9 atom stereocenters. The smallest absolute Gasteiger partial charge is 0.306 e. The zero-order valence-corrected chi connectivity index (χ0v) is 26.3. The Kier molecular flexibility index (Phi) is 7.73. The van der Waals surface area contributed by atoms with E-state index in [0.717, 1.165) is 17.8 Å². The van der Waals surface area contributed by atoms with Crippen molar-refractivity contribution in [3.63, 3.8) is 0 Å². The Labute approximate surface area is 255 Å². The predicted octanol–water partition coefficient (Wildman–Crippen LogP) is 6.16. The maximum atomic E-state index is 17.7. The summed E-state index contributed by atoms with van der Waals surface area (Å²) in [6.45, 7) is 9.92. The molecule has 43 heavy (non-hydrogen) atoms. The fourth-order valence-corrected chi connectivity index (χ4v) is 10.1. The summed E-state index contributed by atoms with van der Waals surface area (Å²) < 4.78 is 38.4. The minimum Gasteiger partial charge on any atom is -0.449 e. The molecule has 0 aromatic heterocycles. The summed E-state index contributed by atoms with van der Waals surface area (Å²) in [7, 11) is 0. The molecule has 0 aliphatic heterocycles. The van der Waals surface area contributed by atoms with Crippen molar-refractivity contribution in [3.8, 4) is 0 Å². The number of halogens is 2. The summed E-state index contributed by atoms with van der Waals surface area (Å²) in [6, 6.07) is 8.60. The molecule has 0 radical (unpaired) electrons. The molecule has 2 unspecified atom stereocenters. The van der Waals surface area contributed by atoms with Gasteiger partial charge in [0.2, 0.25) is 5.12 Å². The molecule has 0 amide bonds. The zero-order chi connectivity index (χ0) is 31.8. The first-order chi connectivity index (χ1) is 20.0. The van der Waals surface area contributed by atoms with Crippen molar-refractivity contribution in [2.24, 2.45) is 28.6 Å². The number of Topliss-reactive ketones (excluding diaryl/α,β-unsaturated/α-hetero) is 1. The molecule has 1 aromatic rings. The lowest BCUT2D eigenvalue weighted by atomic mass is 9.44. The van der Waals surface area contributed by atoms with Crippen LogP contribution in [0.2, 0.25) is 0 Å². The van der Waals surface area contributed by atoms with Crippen LogP contribution in [0.4, 0.5) is 8.78 Å². The van der Waals surface area contributed by atoms with Gasteiger partial charge in [0.05, 0.1) is 10.9 Å². The Morgan fingerprint density at radius 2 is 1.77 bits per heavy atom. The fraction of sp³-hybridized carbons (Fsp3) is 0.588. The van der Waals surface area contributed by atoms with Gasteiger partial charge in [-0.25, -0.2) is 8.78 Å². The molecule has 9 heteroatoms. The number of hydrogen-bond acceptors (Lipinski definition) is 7. The first-order valence-corrected chi connectivity index (χ1v) is 15.8. The number of ether oxygens (including phenoxy) is 1. The normalized spacial score (nSPS) is 40.2. The Balaban J connectivity index is 1.59. The topological polar surface area (TPSA) is 97.7 Å². The molecule has 0 bridgehead atoms. The standard InChI is InChI=1S/C34H40F2O6S/c1-7-27(39)42-34(29(41)43-30(3,4)28(40)20-11-9-8-10-12-20)19(2)15-22-23-17-25(35)24-16-21(37)13-14-31(24,5)33(23,36)26(38)18-32(22,34)6/h8-14,16,19,22-23,25-26,38H,7,15,17-18H2,1-6H3/t19-,22?,23?,25+,26+,31+,32+,33+,34+/m1/s1. The van der Waals surface area contributed by atoms with Crippen molar-refractivity contribution in [2.75, 3.05) is 0 Å². The largest absolute Gasteiger partial charge is 0.449 e. The van der Waals surface area contributed by atoms with E-state index < -0.39 is 73.7 Å². The SMILES string of the molecule is CCC(=O)O[C@]1(C(=O)SC(C)(C)C(=O)c2ccccc2)[C@H](C)CC2C3C[C@H](F)C4=CC(=O)C=C[C@]4(C)[C@@]3(F)[C@@H](O)C[C@@]21C. The van der Waals surface area contributed by atoms with Crippen molar-refractivity contribution in [2.45, 2.75) is 95.5 Å². The molecule has 5 rings (SSSR count). The van der Waals surface area contributed by atoms with Crippen molar-refractivity contribution in [1.29, 1.82) is 0 Å². The van der Waals surface area contributed by atoms with Crippen molar-refractivity contribution < 1.29 is 37.8 Å². The second-order valence-corrected chi connectivity index (χ2v) is 15.2. The molecule has 232 valence electrons. The fourth-order valence-electron chi connectivity index (χ4n) is 8.76. The number of ketones is 2. The van der Waals surface area contributed by atoms with E-state index in [1.807, 2.05) is 0 Å². The number of carbonyl (C=O) groups excluding carboxylic acids is 4. The third kappa shape index (κ3) is 4.35. The zero-order valence-electron chi connectivity index (χ0n) is 25.5. The molecular weight excluding hydrogens is 574 g/mol. The predicted molar refractivity (Wildman–Crippen MR) is 160 cm³/mol. The molecule has 4 aliphatic rings. The highest BCUT2D eigenvalue weighted by molar-refractivity contribution is 8.15. The van der Waals surface area contributed by atoms with Gasteiger partial charge in [-0.2, -0.15) is 0 Å². The Hall–Kier alpha value is -2.65. The van der Waals surface area contributed by atoms with Crippen LogP contribution >= 0.6 is 11.8 Å². The second-order valence-electron chi connectivity index (χ2n) is 13.7. The maximum absolute atomic E-state index is 17.7. The highest BCUT2D eigenvalue weighted by Crippen LogP contribution is 2.72. The van der Waals surface area contributed by atoms with Crippen LogP contribution in [-0.4, -0.2) is 56.1 Å². The number of aliphatic hydroxyl groups excluding tert-OH is 1. The van der Waals surface area contributed by atoms with Gasteiger partial charge in [0, 0.05) is 34.7 Å². The van der Waals surface area contributed by atoms with E-state index in [9.17, 15) is 24.3 Å². The van der Waals surface area contributed by atoms with Gasteiger partial charge in [-0.3, -0.25) is 19.2 Å². The summed E-state index contributed by atoms with van der Waals surface area (Å²) in [5.74, 6) is -3.61. The van der Waals surface area contributed by atoms with E-state index in [1.54, 1.807) is 65.0 Å². The first-order valence-electron chi connectivity index (χ1n) is 15.0. The van der Waals surface area contributed by atoms with Crippen LogP contribution in [0.15, 0.2) is 54.1 Å². The minimum absolute atomic E-state index is 0.0175. The van der Waals surface area contributed by atoms with E-state index in [1.165, 1.54) is 19.1 Å². The number of hydrogen-bond donors (Lipinski definition) is 1. The van der Waals surface area contributed by atoms with Crippen molar-refractivity contribution in [1.82, 2.24) is 0 Å². The molecule has 1 aromatic carbocycles. The van der Waals surface area contributed by atoms with Gasteiger partial charge < -0.3 is 9.84 Å². The lowest BCUT2D eigenvalue weighted by molar-refractivity contribution is -0.228. The molecule has 4 aliphatic carbocycles. The maximum Gasteiger partial charge on any atom is 0.306 e. The number of carbonyl (C=O) groups is 4. The van der Waals surface area contributed by atoms with Gasteiger partial charge in [-0.05, 0) is 63.7 Å². The summed E-state index contributed by atoms with van der Waals surface area (Å²) in [5.41, 5.74) is -6.51. The van der Waals surface area contributed by atoms with E-state index in [-0.39, 0.29) is 37.0 Å². The summed E-state index contributed by atoms with van der Waals surface area (Å²) in [4.78, 5) is 53.3. The lowest BCUT2D eigenvalue weighted by Gasteiger charge is -2.63. The Morgan fingerprint density at radius 1 is 1.12 bits per heavy atom. The third-order valence-corrected chi connectivity index (χ3v) is 12.2. The van der Waals surface area contributed by atoms with E-state index in [4.69, 9.17) is 4.74 Å². The average Bonchev–Trinajstić information content (AvgIpc) is 3.17. The van der Waals surface area contributed by atoms with Crippen LogP contribution in [0, 0.1) is 28.6 Å². The van der Waals surface area contributed by atoms with E-state index in [0.29, 0.717) is 5.56 Å². The molecule has 0 saturated heterocycles. The summed E-state index contributed by atoms with van der Waals surface area (Å²) in [5, 5.41) is 11.2. The van der Waals surface area contributed by atoms with Gasteiger partial charge in [-0.1, -0.05) is 68.9 Å². The lowest BCUT2D eigenvalue weighted by Crippen LogP contribution is -2.70. The molecule has 6 nitrogen and oxygen atoms in total.